The predicted molar refractivity (Wildman–Crippen MR) is 126 cm³/mol. The van der Waals surface area contributed by atoms with Gasteiger partial charge in [-0.2, -0.15) is 0 Å². The number of hydrogen-bond acceptors (Lipinski definition) is 7. The largest absolute Gasteiger partial charge is 0.380 e. The van der Waals surface area contributed by atoms with Gasteiger partial charge in [-0.3, -0.25) is 9.47 Å². The van der Waals surface area contributed by atoms with E-state index in [0.717, 1.165) is 74.6 Å². The van der Waals surface area contributed by atoms with E-state index in [0.29, 0.717) is 30.7 Å². The van der Waals surface area contributed by atoms with Crippen LogP contribution in [-0.4, -0.2) is 70.1 Å². The van der Waals surface area contributed by atoms with E-state index in [4.69, 9.17) is 16.3 Å². The molecule has 2 aromatic heterocycles. The fraction of sp³-hybridized carbons (Fsp3) is 0.458. The molecule has 0 saturated carbocycles. The van der Waals surface area contributed by atoms with Gasteiger partial charge in [-0.15, -0.1) is 10.2 Å². The molecule has 6 heterocycles. The molecule has 182 valence electrons. The second-order valence-corrected chi connectivity index (χ2v) is 10.6. The number of rotatable bonds is 3. The van der Waals surface area contributed by atoms with E-state index in [9.17, 15) is 8.78 Å². The number of ether oxygens (including phenoxy) is 1. The summed E-state index contributed by atoms with van der Waals surface area (Å²) in [4.78, 5) is 10.5. The molecule has 0 bridgehead atoms. The Bertz CT molecular complexity index is 1300. The Balaban J connectivity index is 1.14. The molecule has 0 amide bonds. The highest BCUT2D eigenvalue weighted by atomic mass is 35.5. The Morgan fingerprint density at radius 3 is 2.63 bits per heavy atom. The van der Waals surface area contributed by atoms with Gasteiger partial charge >= 0.3 is 0 Å². The maximum Gasteiger partial charge on any atom is 0.231 e. The Labute approximate surface area is 206 Å². The number of aromatic nitrogens is 4. The number of pyridine rings is 1. The van der Waals surface area contributed by atoms with Gasteiger partial charge in [-0.05, 0) is 30.2 Å². The Hall–Kier alpha value is -2.82. The number of anilines is 2. The van der Waals surface area contributed by atoms with Crippen molar-refractivity contribution in [2.45, 2.75) is 25.6 Å². The van der Waals surface area contributed by atoms with Crippen molar-refractivity contribution in [1.82, 2.24) is 24.6 Å². The molecule has 3 fully saturated rings. The van der Waals surface area contributed by atoms with E-state index in [1.54, 1.807) is 0 Å². The van der Waals surface area contributed by atoms with Gasteiger partial charge in [0, 0.05) is 61.9 Å². The van der Waals surface area contributed by atoms with Crippen molar-refractivity contribution >= 4 is 23.4 Å². The molecule has 0 N–H and O–H groups in total. The van der Waals surface area contributed by atoms with E-state index in [-0.39, 0.29) is 11.2 Å². The zero-order valence-electron chi connectivity index (χ0n) is 19.0. The highest BCUT2D eigenvalue weighted by Gasteiger charge is 2.54. The Morgan fingerprint density at radius 1 is 1.03 bits per heavy atom. The van der Waals surface area contributed by atoms with Crippen LogP contribution < -0.4 is 9.80 Å². The van der Waals surface area contributed by atoms with Crippen LogP contribution in [0.15, 0.2) is 30.5 Å². The molecule has 3 saturated heterocycles. The van der Waals surface area contributed by atoms with Crippen LogP contribution in [0.2, 0.25) is 5.02 Å². The number of benzene rings is 1. The molecule has 3 aromatic rings. The van der Waals surface area contributed by atoms with E-state index in [2.05, 4.69) is 29.5 Å². The fourth-order valence-corrected chi connectivity index (χ4v) is 6.14. The van der Waals surface area contributed by atoms with Crippen LogP contribution in [0.4, 0.5) is 20.5 Å². The Morgan fingerprint density at radius 2 is 1.86 bits per heavy atom. The molecule has 4 aliphatic heterocycles. The van der Waals surface area contributed by atoms with Crippen molar-refractivity contribution in [3.63, 3.8) is 0 Å². The lowest BCUT2D eigenvalue weighted by atomic mass is 9.73. The third-order valence-electron chi connectivity index (χ3n) is 7.61. The summed E-state index contributed by atoms with van der Waals surface area (Å²) in [7, 11) is 0. The number of fused-ring (bicyclic) bond motifs is 3. The van der Waals surface area contributed by atoms with Gasteiger partial charge in [0.1, 0.15) is 5.82 Å². The van der Waals surface area contributed by atoms with Crippen LogP contribution in [0.1, 0.15) is 17.8 Å². The van der Waals surface area contributed by atoms with Gasteiger partial charge in [-0.1, -0.05) is 11.6 Å². The molecule has 1 atom stereocenters. The van der Waals surface area contributed by atoms with Crippen LogP contribution >= 0.6 is 11.6 Å². The zero-order valence-corrected chi connectivity index (χ0v) is 19.8. The van der Waals surface area contributed by atoms with Crippen molar-refractivity contribution in [1.29, 1.82) is 0 Å². The molecular weight excluding hydrogens is 476 g/mol. The summed E-state index contributed by atoms with van der Waals surface area (Å²) in [6.07, 6.45) is 2.07. The molecule has 7 rings (SSSR count). The van der Waals surface area contributed by atoms with Crippen LogP contribution in [0.5, 0.6) is 0 Å². The number of halogens is 3. The summed E-state index contributed by atoms with van der Waals surface area (Å²) in [5.74, 6) is 0.661. The van der Waals surface area contributed by atoms with Crippen LogP contribution in [0.25, 0.3) is 5.69 Å². The van der Waals surface area contributed by atoms with E-state index < -0.39 is 11.6 Å². The van der Waals surface area contributed by atoms with Crippen LogP contribution in [0.3, 0.4) is 0 Å². The van der Waals surface area contributed by atoms with Crippen LogP contribution in [0, 0.1) is 17.0 Å². The zero-order chi connectivity index (χ0) is 23.7. The molecule has 0 radical (unpaired) electrons. The molecule has 1 aromatic carbocycles. The first kappa shape index (κ1) is 21.5. The predicted octanol–water partition coefficient (Wildman–Crippen LogP) is 3.03. The minimum absolute atomic E-state index is 0.0513. The summed E-state index contributed by atoms with van der Waals surface area (Å²) in [5.41, 5.74) is 2.25. The van der Waals surface area contributed by atoms with Crippen molar-refractivity contribution in [3.05, 3.63) is 58.5 Å². The first-order valence-corrected chi connectivity index (χ1v) is 12.2. The van der Waals surface area contributed by atoms with Gasteiger partial charge in [0.15, 0.2) is 17.5 Å². The number of hydrogen-bond donors (Lipinski definition) is 0. The quantitative estimate of drug-likeness (QED) is 0.549. The molecule has 11 heteroatoms. The summed E-state index contributed by atoms with van der Waals surface area (Å²) in [6, 6.07) is 7.23. The first-order chi connectivity index (χ1) is 17.0. The topological polar surface area (TPSA) is 62.6 Å². The number of nitrogens with zero attached hydrogens (tertiary/aromatic N) is 7. The second kappa shape index (κ2) is 7.84. The van der Waals surface area contributed by atoms with E-state index >= 15 is 0 Å². The monoisotopic (exact) mass is 499 g/mol. The normalized spacial score (nSPS) is 23.0. The highest BCUT2D eigenvalue weighted by Crippen LogP contribution is 2.44. The Kier molecular flexibility index (Phi) is 4.81. The van der Waals surface area contributed by atoms with Crippen molar-refractivity contribution in [3.8, 4) is 5.69 Å². The molecular formula is C24H24ClF2N7O. The summed E-state index contributed by atoms with van der Waals surface area (Å²) in [6.45, 7) is 5.94. The van der Waals surface area contributed by atoms with E-state index in [1.807, 2.05) is 23.1 Å². The van der Waals surface area contributed by atoms with Gasteiger partial charge in [-0.25, -0.2) is 13.8 Å². The van der Waals surface area contributed by atoms with Gasteiger partial charge in [0.2, 0.25) is 5.95 Å². The second-order valence-electron chi connectivity index (χ2n) is 10.1. The third-order valence-corrected chi connectivity index (χ3v) is 7.85. The van der Waals surface area contributed by atoms with Gasteiger partial charge in [0.05, 0.1) is 25.0 Å². The van der Waals surface area contributed by atoms with Gasteiger partial charge < -0.3 is 14.5 Å². The molecule has 4 aliphatic rings. The lowest BCUT2D eigenvalue weighted by Gasteiger charge is -2.60. The lowest BCUT2D eigenvalue weighted by Crippen LogP contribution is -2.73. The standard InChI is InChI=1S/C24H24ClF2N7O/c25-16-1-2-20-15(5-16)8-31(18-3-4-35-10-18)9-21-29-30-23(34(20)21)33-13-24(14-33)11-32(12-24)22-19(27)6-17(26)7-28-22/h1-2,5-7,18H,3-4,8-14H2/t18-/m1/s1. The SMILES string of the molecule is Fc1cnc(N2CC3(C2)CN(c2nnc4n2-c2ccc(Cl)cc2CN([C@@H]2CCOC2)C4)C3)c(F)c1. The first-order valence-electron chi connectivity index (χ1n) is 11.8. The van der Waals surface area contributed by atoms with Crippen LogP contribution in [-0.2, 0) is 17.8 Å². The van der Waals surface area contributed by atoms with Crippen molar-refractivity contribution < 1.29 is 13.5 Å². The molecule has 35 heavy (non-hydrogen) atoms. The average molecular weight is 500 g/mol. The third kappa shape index (κ3) is 3.49. The van der Waals surface area contributed by atoms with Crippen molar-refractivity contribution in [2.75, 3.05) is 49.2 Å². The molecule has 1 spiro atoms. The highest BCUT2D eigenvalue weighted by molar-refractivity contribution is 6.30. The smallest absolute Gasteiger partial charge is 0.231 e. The minimum atomic E-state index is -0.663. The summed E-state index contributed by atoms with van der Waals surface area (Å²) >= 11 is 6.38. The molecule has 0 aliphatic carbocycles. The average Bonchev–Trinajstić information content (AvgIpc) is 3.41. The van der Waals surface area contributed by atoms with Gasteiger partial charge in [0.25, 0.3) is 0 Å². The lowest BCUT2D eigenvalue weighted by molar-refractivity contribution is 0.133. The molecule has 8 nitrogen and oxygen atoms in total. The maximum atomic E-state index is 14.1. The fourth-order valence-electron chi connectivity index (χ4n) is 5.94. The maximum absolute atomic E-state index is 14.1. The van der Waals surface area contributed by atoms with Crippen molar-refractivity contribution in [2.24, 2.45) is 5.41 Å². The van der Waals surface area contributed by atoms with E-state index in [1.165, 1.54) is 0 Å². The molecule has 0 unspecified atom stereocenters. The minimum Gasteiger partial charge on any atom is -0.380 e. The summed E-state index contributed by atoms with van der Waals surface area (Å²) in [5, 5.41) is 9.89. The summed E-state index contributed by atoms with van der Waals surface area (Å²) < 4.78 is 35.2.